The molecular formula is C15H20N4O2. The van der Waals surface area contributed by atoms with Gasteiger partial charge in [0.15, 0.2) is 5.82 Å². The van der Waals surface area contributed by atoms with Crippen LogP contribution in [0, 0.1) is 13.8 Å². The van der Waals surface area contributed by atoms with Crippen LogP contribution in [0.15, 0.2) is 12.1 Å². The standard InChI is InChI=1S/C15H20N4O2/c1-6-16-14-17-13(18-15(19-14)21-5)11-8-7-9(2)10(3)12(11)20-4/h7-8H,6H2,1-5H3,(H,16,17,18,19). The van der Waals surface area contributed by atoms with Gasteiger partial charge in [0.05, 0.1) is 19.8 Å². The molecule has 0 saturated heterocycles. The molecule has 0 bridgehead atoms. The number of hydrogen-bond donors (Lipinski definition) is 1. The van der Waals surface area contributed by atoms with Gasteiger partial charge in [-0.2, -0.15) is 15.0 Å². The Morgan fingerprint density at radius 1 is 1.05 bits per heavy atom. The maximum atomic E-state index is 5.52. The molecule has 0 atom stereocenters. The Labute approximate surface area is 124 Å². The number of aromatic nitrogens is 3. The SMILES string of the molecule is CCNc1nc(OC)nc(-c2ccc(C)c(C)c2OC)n1. The molecule has 1 heterocycles. The predicted molar refractivity (Wildman–Crippen MR) is 82.0 cm³/mol. The van der Waals surface area contributed by atoms with Gasteiger partial charge in [-0.15, -0.1) is 0 Å². The summed E-state index contributed by atoms with van der Waals surface area (Å²) in [5.74, 6) is 1.78. The number of hydrogen-bond acceptors (Lipinski definition) is 6. The van der Waals surface area contributed by atoms with Gasteiger partial charge in [-0.05, 0) is 38.0 Å². The largest absolute Gasteiger partial charge is 0.496 e. The molecule has 6 nitrogen and oxygen atoms in total. The Kier molecular flexibility index (Phi) is 4.57. The van der Waals surface area contributed by atoms with Crippen LogP contribution in [-0.2, 0) is 0 Å². The first-order valence-corrected chi connectivity index (χ1v) is 6.79. The van der Waals surface area contributed by atoms with Crippen LogP contribution in [0.1, 0.15) is 18.1 Å². The molecule has 0 saturated carbocycles. The third-order valence-electron chi connectivity index (χ3n) is 3.25. The number of methoxy groups -OCH3 is 2. The molecule has 6 heteroatoms. The maximum Gasteiger partial charge on any atom is 0.321 e. The maximum absolute atomic E-state index is 5.52. The number of nitrogens with zero attached hydrogens (tertiary/aromatic N) is 3. The molecule has 1 aromatic carbocycles. The van der Waals surface area contributed by atoms with Crippen molar-refractivity contribution in [3.8, 4) is 23.1 Å². The van der Waals surface area contributed by atoms with Gasteiger partial charge in [0.2, 0.25) is 5.95 Å². The van der Waals surface area contributed by atoms with Crippen molar-refractivity contribution in [2.45, 2.75) is 20.8 Å². The average molecular weight is 288 g/mol. The van der Waals surface area contributed by atoms with Crippen molar-refractivity contribution >= 4 is 5.95 Å². The van der Waals surface area contributed by atoms with Crippen molar-refractivity contribution in [1.82, 2.24) is 15.0 Å². The Bertz CT molecular complexity index is 644. The summed E-state index contributed by atoms with van der Waals surface area (Å²) < 4.78 is 10.7. The van der Waals surface area contributed by atoms with E-state index in [-0.39, 0.29) is 6.01 Å². The first-order valence-electron chi connectivity index (χ1n) is 6.79. The fourth-order valence-electron chi connectivity index (χ4n) is 2.03. The van der Waals surface area contributed by atoms with E-state index >= 15 is 0 Å². The normalized spacial score (nSPS) is 10.3. The smallest absolute Gasteiger partial charge is 0.321 e. The molecule has 21 heavy (non-hydrogen) atoms. The highest BCUT2D eigenvalue weighted by Crippen LogP contribution is 2.33. The summed E-state index contributed by atoms with van der Waals surface area (Å²) >= 11 is 0. The third kappa shape index (κ3) is 3.04. The van der Waals surface area contributed by atoms with E-state index in [2.05, 4.69) is 20.3 Å². The van der Waals surface area contributed by atoms with E-state index in [4.69, 9.17) is 9.47 Å². The van der Waals surface area contributed by atoms with E-state index in [1.54, 1.807) is 7.11 Å². The first kappa shape index (κ1) is 15.0. The second kappa shape index (κ2) is 6.39. The number of benzene rings is 1. The first-order chi connectivity index (χ1) is 10.1. The van der Waals surface area contributed by atoms with Crippen LogP contribution in [0.2, 0.25) is 0 Å². The lowest BCUT2D eigenvalue weighted by Crippen LogP contribution is -2.07. The van der Waals surface area contributed by atoms with Gasteiger partial charge in [-0.1, -0.05) is 6.07 Å². The molecular weight excluding hydrogens is 268 g/mol. The molecule has 112 valence electrons. The molecule has 0 aliphatic heterocycles. The third-order valence-corrected chi connectivity index (χ3v) is 3.25. The summed E-state index contributed by atoms with van der Waals surface area (Å²) in [5.41, 5.74) is 3.04. The second-order valence-corrected chi connectivity index (χ2v) is 4.59. The van der Waals surface area contributed by atoms with Crippen LogP contribution in [0.5, 0.6) is 11.8 Å². The van der Waals surface area contributed by atoms with Gasteiger partial charge in [-0.3, -0.25) is 0 Å². The molecule has 2 aromatic rings. The topological polar surface area (TPSA) is 69.2 Å². The minimum Gasteiger partial charge on any atom is -0.496 e. The van der Waals surface area contributed by atoms with E-state index in [1.807, 2.05) is 32.9 Å². The molecule has 0 spiro atoms. The zero-order valence-corrected chi connectivity index (χ0v) is 13.0. The van der Waals surface area contributed by atoms with Crippen molar-refractivity contribution in [1.29, 1.82) is 0 Å². The highest BCUT2D eigenvalue weighted by atomic mass is 16.5. The van der Waals surface area contributed by atoms with Crippen molar-refractivity contribution in [3.63, 3.8) is 0 Å². The minimum absolute atomic E-state index is 0.274. The summed E-state index contributed by atoms with van der Waals surface area (Å²) in [6.45, 7) is 6.75. The number of ether oxygens (including phenoxy) is 2. The highest BCUT2D eigenvalue weighted by molar-refractivity contribution is 5.68. The zero-order valence-electron chi connectivity index (χ0n) is 13.0. The van der Waals surface area contributed by atoms with Gasteiger partial charge in [0.25, 0.3) is 0 Å². The molecule has 1 aromatic heterocycles. The molecule has 0 unspecified atom stereocenters. The molecule has 0 radical (unpaired) electrons. The lowest BCUT2D eigenvalue weighted by atomic mass is 10.0. The minimum atomic E-state index is 0.274. The number of aryl methyl sites for hydroxylation is 1. The quantitative estimate of drug-likeness (QED) is 0.912. The van der Waals surface area contributed by atoms with E-state index in [1.165, 1.54) is 7.11 Å². The summed E-state index contributed by atoms with van der Waals surface area (Å²) in [7, 11) is 3.18. The van der Waals surface area contributed by atoms with Gasteiger partial charge in [-0.25, -0.2) is 0 Å². The molecule has 0 amide bonds. The van der Waals surface area contributed by atoms with Crippen LogP contribution < -0.4 is 14.8 Å². The van der Waals surface area contributed by atoms with E-state index < -0.39 is 0 Å². The van der Waals surface area contributed by atoms with Crippen LogP contribution in [0.25, 0.3) is 11.4 Å². The van der Waals surface area contributed by atoms with Gasteiger partial charge < -0.3 is 14.8 Å². The molecule has 0 aliphatic carbocycles. The fourth-order valence-corrected chi connectivity index (χ4v) is 2.03. The van der Waals surface area contributed by atoms with Crippen LogP contribution in [0.3, 0.4) is 0 Å². The van der Waals surface area contributed by atoms with Crippen LogP contribution in [-0.4, -0.2) is 35.7 Å². The van der Waals surface area contributed by atoms with Gasteiger partial charge >= 0.3 is 6.01 Å². The monoisotopic (exact) mass is 288 g/mol. The van der Waals surface area contributed by atoms with E-state index in [9.17, 15) is 0 Å². The van der Waals surface area contributed by atoms with Crippen molar-refractivity contribution in [3.05, 3.63) is 23.3 Å². The molecule has 1 N–H and O–H groups in total. The predicted octanol–water partition coefficient (Wildman–Crippen LogP) is 2.60. The fraction of sp³-hybridized carbons (Fsp3) is 0.400. The lowest BCUT2D eigenvalue weighted by molar-refractivity contribution is 0.379. The van der Waals surface area contributed by atoms with Gasteiger partial charge in [0.1, 0.15) is 5.75 Å². The van der Waals surface area contributed by atoms with Gasteiger partial charge in [0, 0.05) is 6.54 Å². The van der Waals surface area contributed by atoms with Crippen molar-refractivity contribution in [2.24, 2.45) is 0 Å². The van der Waals surface area contributed by atoms with Crippen LogP contribution in [0.4, 0.5) is 5.95 Å². The summed E-state index contributed by atoms with van der Waals surface area (Å²) in [5, 5.41) is 3.07. The number of rotatable bonds is 5. The van der Waals surface area contributed by atoms with E-state index in [0.29, 0.717) is 11.8 Å². The number of nitrogens with one attached hydrogen (secondary N) is 1. The molecule has 0 fully saturated rings. The number of anilines is 1. The Hall–Kier alpha value is -2.37. The van der Waals surface area contributed by atoms with Crippen molar-refractivity contribution < 1.29 is 9.47 Å². The zero-order chi connectivity index (χ0) is 15.4. The van der Waals surface area contributed by atoms with E-state index in [0.717, 1.165) is 29.0 Å². The van der Waals surface area contributed by atoms with Crippen LogP contribution >= 0.6 is 0 Å². The Balaban J connectivity index is 2.60. The lowest BCUT2D eigenvalue weighted by Gasteiger charge is -2.13. The highest BCUT2D eigenvalue weighted by Gasteiger charge is 2.15. The Morgan fingerprint density at radius 3 is 2.43 bits per heavy atom. The summed E-state index contributed by atoms with van der Waals surface area (Å²) in [6.07, 6.45) is 0. The Morgan fingerprint density at radius 2 is 1.81 bits per heavy atom. The second-order valence-electron chi connectivity index (χ2n) is 4.59. The van der Waals surface area contributed by atoms with Crippen molar-refractivity contribution in [2.75, 3.05) is 26.1 Å². The average Bonchev–Trinajstić information content (AvgIpc) is 2.49. The summed E-state index contributed by atoms with van der Waals surface area (Å²) in [6, 6.07) is 4.25. The molecule has 0 aliphatic rings. The molecule has 2 rings (SSSR count). The summed E-state index contributed by atoms with van der Waals surface area (Å²) in [4.78, 5) is 12.9.